The molecule has 0 saturated heterocycles. The van der Waals surface area contributed by atoms with E-state index in [4.69, 9.17) is 4.74 Å². The number of hydrogen-bond acceptors (Lipinski definition) is 3. The van der Waals surface area contributed by atoms with Gasteiger partial charge in [0.2, 0.25) is 0 Å². The molecule has 0 amide bonds. The van der Waals surface area contributed by atoms with Gasteiger partial charge in [-0.3, -0.25) is 9.59 Å². The van der Waals surface area contributed by atoms with E-state index in [-0.39, 0.29) is 5.92 Å². The lowest BCUT2D eigenvalue weighted by Crippen LogP contribution is -2.29. The molecule has 1 rings (SSSR count). The minimum atomic E-state index is -1.09. The number of aryl methyl sites for hydroxylation is 1. The van der Waals surface area contributed by atoms with Crippen LogP contribution >= 0.6 is 0 Å². The van der Waals surface area contributed by atoms with Crippen LogP contribution in [0.1, 0.15) is 36.7 Å². The number of ether oxygens (including phenoxy) is 1. The number of Topliss-reactive ketones (excluding diaryl/α,β-unsaturated/α-hetero) is 1. The van der Waals surface area contributed by atoms with Gasteiger partial charge in [-0.25, -0.2) is 0 Å². The van der Waals surface area contributed by atoms with Crippen molar-refractivity contribution in [3.63, 3.8) is 0 Å². The second kappa shape index (κ2) is 6.36. The molecule has 0 aliphatic carbocycles. The molecule has 1 aromatic carbocycles. The number of carboxylic acids is 1. The standard InChI is InChI=1S/C15H20O4/c1-5-10-6-7-12(19-4)11(8-10)14(16)13(9(2)3)15(17)18/h6-9,13H,5H2,1-4H3,(H,17,18). The summed E-state index contributed by atoms with van der Waals surface area (Å²) >= 11 is 0. The minimum absolute atomic E-state index is 0.264. The number of rotatable bonds is 6. The molecule has 0 heterocycles. The average molecular weight is 264 g/mol. The van der Waals surface area contributed by atoms with Crippen molar-refractivity contribution >= 4 is 11.8 Å². The van der Waals surface area contributed by atoms with E-state index in [1.807, 2.05) is 13.0 Å². The van der Waals surface area contributed by atoms with Crippen molar-refractivity contribution in [2.24, 2.45) is 11.8 Å². The zero-order valence-electron chi connectivity index (χ0n) is 11.8. The van der Waals surface area contributed by atoms with Crippen LogP contribution in [0.25, 0.3) is 0 Å². The normalized spacial score (nSPS) is 12.3. The van der Waals surface area contributed by atoms with Crippen molar-refractivity contribution in [1.82, 2.24) is 0 Å². The second-order valence-corrected chi connectivity index (χ2v) is 4.81. The summed E-state index contributed by atoms with van der Waals surface area (Å²) in [5, 5.41) is 9.20. The van der Waals surface area contributed by atoms with Gasteiger partial charge in [0.25, 0.3) is 0 Å². The number of benzene rings is 1. The highest BCUT2D eigenvalue weighted by molar-refractivity contribution is 6.10. The van der Waals surface area contributed by atoms with E-state index in [9.17, 15) is 14.7 Å². The van der Waals surface area contributed by atoms with Gasteiger partial charge in [-0.1, -0.05) is 26.8 Å². The van der Waals surface area contributed by atoms with Crippen molar-refractivity contribution in [1.29, 1.82) is 0 Å². The lowest BCUT2D eigenvalue weighted by atomic mass is 9.87. The maximum atomic E-state index is 12.4. The van der Waals surface area contributed by atoms with Gasteiger partial charge in [-0.2, -0.15) is 0 Å². The van der Waals surface area contributed by atoms with Gasteiger partial charge in [0, 0.05) is 0 Å². The van der Waals surface area contributed by atoms with Crippen molar-refractivity contribution in [3.05, 3.63) is 29.3 Å². The highest BCUT2D eigenvalue weighted by Gasteiger charge is 2.32. The van der Waals surface area contributed by atoms with Crippen LogP contribution in [-0.2, 0) is 11.2 Å². The second-order valence-electron chi connectivity index (χ2n) is 4.81. The van der Waals surface area contributed by atoms with Crippen LogP contribution in [0.3, 0.4) is 0 Å². The third-order valence-corrected chi connectivity index (χ3v) is 3.15. The number of carbonyl (C=O) groups is 2. The fourth-order valence-electron chi connectivity index (χ4n) is 2.04. The smallest absolute Gasteiger partial charge is 0.314 e. The van der Waals surface area contributed by atoms with Crippen LogP contribution in [0, 0.1) is 11.8 Å². The van der Waals surface area contributed by atoms with E-state index in [1.165, 1.54) is 7.11 Å². The van der Waals surface area contributed by atoms with E-state index < -0.39 is 17.7 Å². The Bertz CT molecular complexity index is 477. The first-order valence-electron chi connectivity index (χ1n) is 6.36. The molecule has 1 unspecified atom stereocenters. The van der Waals surface area contributed by atoms with Crippen LogP contribution < -0.4 is 4.74 Å². The molecule has 0 fully saturated rings. The molecule has 0 radical (unpaired) electrons. The van der Waals surface area contributed by atoms with Gasteiger partial charge >= 0.3 is 5.97 Å². The summed E-state index contributed by atoms with van der Waals surface area (Å²) in [5.74, 6) is -2.37. The predicted molar refractivity (Wildman–Crippen MR) is 72.7 cm³/mol. The van der Waals surface area contributed by atoms with Crippen LogP contribution in [0.2, 0.25) is 0 Å². The minimum Gasteiger partial charge on any atom is -0.496 e. The van der Waals surface area contributed by atoms with Crippen LogP contribution in [0.5, 0.6) is 5.75 Å². The Balaban J connectivity index is 3.26. The number of methoxy groups -OCH3 is 1. The Hall–Kier alpha value is -1.84. The molecule has 4 nitrogen and oxygen atoms in total. The Labute approximate surface area is 113 Å². The Kier molecular flexibility index (Phi) is 5.10. The monoisotopic (exact) mass is 264 g/mol. The first kappa shape index (κ1) is 15.2. The fourth-order valence-corrected chi connectivity index (χ4v) is 2.04. The summed E-state index contributed by atoms with van der Waals surface area (Å²) in [4.78, 5) is 23.7. The summed E-state index contributed by atoms with van der Waals surface area (Å²) in [6, 6.07) is 5.31. The van der Waals surface area contributed by atoms with Crippen molar-refractivity contribution in [3.8, 4) is 5.75 Å². The summed E-state index contributed by atoms with van der Waals surface area (Å²) in [6.45, 7) is 5.44. The number of ketones is 1. The van der Waals surface area contributed by atoms with E-state index in [0.717, 1.165) is 12.0 Å². The van der Waals surface area contributed by atoms with E-state index >= 15 is 0 Å². The van der Waals surface area contributed by atoms with E-state index in [2.05, 4.69) is 0 Å². The molecule has 1 N–H and O–H groups in total. The molecule has 19 heavy (non-hydrogen) atoms. The molecular weight excluding hydrogens is 244 g/mol. The summed E-state index contributed by atoms with van der Waals surface area (Å²) in [7, 11) is 1.48. The Morgan fingerprint density at radius 3 is 2.37 bits per heavy atom. The van der Waals surface area contributed by atoms with Crippen molar-refractivity contribution in [2.75, 3.05) is 7.11 Å². The van der Waals surface area contributed by atoms with Crippen LogP contribution in [0.4, 0.5) is 0 Å². The quantitative estimate of drug-likeness (QED) is 0.634. The predicted octanol–water partition coefficient (Wildman–Crippen LogP) is 2.80. The Morgan fingerprint density at radius 2 is 1.95 bits per heavy atom. The molecule has 1 atom stereocenters. The summed E-state index contributed by atoms with van der Waals surface area (Å²) < 4.78 is 5.16. The fraction of sp³-hybridized carbons (Fsp3) is 0.467. The third-order valence-electron chi connectivity index (χ3n) is 3.15. The molecule has 4 heteroatoms. The average Bonchev–Trinajstić information content (AvgIpc) is 2.36. The molecule has 0 aliphatic rings. The highest BCUT2D eigenvalue weighted by atomic mass is 16.5. The molecule has 0 bridgehead atoms. The molecular formula is C15H20O4. The maximum absolute atomic E-state index is 12.4. The molecule has 0 spiro atoms. The zero-order chi connectivity index (χ0) is 14.6. The first-order valence-corrected chi connectivity index (χ1v) is 6.36. The van der Waals surface area contributed by atoms with Gasteiger partial charge < -0.3 is 9.84 Å². The van der Waals surface area contributed by atoms with Crippen LogP contribution in [-0.4, -0.2) is 24.0 Å². The lowest BCUT2D eigenvalue weighted by molar-refractivity contribution is -0.141. The zero-order valence-corrected chi connectivity index (χ0v) is 11.8. The Morgan fingerprint density at radius 1 is 1.32 bits per heavy atom. The maximum Gasteiger partial charge on any atom is 0.314 e. The third kappa shape index (κ3) is 3.34. The van der Waals surface area contributed by atoms with Crippen LogP contribution in [0.15, 0.2) is 18.2 Å². The van der Waals surface area contributed by atoms with Gasteiger partial charge in [0.05, 0.1) is 12.7 Å². The molecule has 0 saturated carbocycles. The van der Waals surface area contributed by atoms with E-state index in [1.54, 1.807) is 26.0 Å². The SMILES string of the molecule is CCc1ccc(OC)c(C(=O)C(C(=O)O)C(C)C)c1. The molecule has 104 valence electrons. The first-order chi connectivity index (χ1) is 8.92. The number of carboxylic acid groups (broad SMARTS) is 1. The number of hydrogen-bond donors (Lipinski definition) is 1. The molecule has 0 aromatic heterocycles. The molecule has 1 aromatic rings. The van der Waals surface area contributed by atoms with Gasteiger partial charge in [-0.05, 0) is 30.0 Å². The summed E-state index contributed by atoms with van der Waals surface area (Å²) in [6.07, 6.45) is 0.781. The largest absolute Gasteiger partial charge is 0.496 e. The number of aliphatic carboxylic acids is 1. The lowest BCUT2D eigenvalue weighted by Gasteiger charge is -2.17. The summed E-state index contributed by atoms with van der Waals surface area (Å²) in [5.41, 5.74) is 1.33. The molecule has 0 aliphatic heterocycles. The van der Waals surface area contributed by atoms with Crippen molar-refractivity contribution in [2.45, 2.75) is 27.2 Å². The number of carbonyl (C=O) groups excluding carboxylic acids is 1. The van der Waals surface area contributed by atoms with Crippen molar-refractivity contribution < 1.29 is 19.4 Å². The van der Waals surface area contributed by atoms with Gasteiger partial charge in [0.1, 0.15) is 11.7 Å². The van der Waals surface area contributed by atoms with E-state index in [0.29, 0.717) is 11.3 Å². The highest BCUT2D eigenvalue weighted by Crippen LogP contribution is 2.26. The van der Waals surface area contributed by atoms with Gasteiger partial charge in [0.15, 0.2) is 5.78 Å². The van der Waals surface area contributed by atoms with Gasteiger partial charge in [-0.15, -0.1) is 0 Å². The topological polar surface area (TPSA) is 63.6 Å².